The van der Waals surface area contributed by atoms with Gasteiger partial charge in [-0.25, -0.2) is 21.9 Å². The van der Waals surface area contributed by atoms with Crippen LogP contribution in [0.25, 0.3) is 0 Å². The summed E-state index contributed by atoms with van der Waals surface area (Å²) in [5, 5.41) is 5.69. The number of nitrogens with one attached hydrogen (secondary N) is 3. The Bertz CT molecular complexity index is 759. The van der Waals surface area contributed by atoms with E-state index in [-0.39, 0.29) is 35.3 Å². The average Bonchev–Trinajstić information content (AvgIpc) is 2.61. The zero-order chi connectivity index (χ0) is 19.5. The summed E-state index contributed by atoms with van der Waals surface area (Å²) in [6.07, 6.45) is 0.544. The summed E-state index contributed by atoms with van der Waals surface area (Å²) in [6, 6.07) is 4.11. The van der Waals surface area contributed by atoms with Crippen LogP contribution in [0.15, 0.2) is 23.1 Å². The SMILES string of the molecule is CNC(=O)c1cc(S(=O)(=O)NC)ccc1N[C@H](C)C1CCC(F)(F)CC1. The first kappa shape index (κ1) is 20.6. The predicted molar refractivity (Wildman–Crippen MR) is 96.1 cm³/mol. The Balaban J connectivity index is 2.24. The van der Waals surface area contributed by atoms with Crippen LogP contribution in [0, 0.1) is 5.92 Å². The highest BCUT2D eigenvalue weighted by atomic mass is 32.2. The average molecular weight is 389 g/mol. The number of carbonyl (C=O) groups is 1. The number of halogens is 2. The standard InChI is InChI=1S/C17H25F2N3O3S/c1-11(12-6-8-17(18,19)9-7-12)22-15-5-4-13(26(24,25)21-3)10-14(15)16(23)20-2/h4-5,10-12,21-22H,6-9H2,1-3H3,(H,20,23)/t11-/m1/s1. The molecule has 26 heavy (non-hydrogen) atoms. The highest BCUT2D eigenvalue weighted by Crippen LogP contribution is 2.38. The number of alkyl halides is 2. The fraction of sp³-hybridized carbons (Fsp3) is 0.588. The quantitative estimate of drug-likeness (QED) is 0.698. The number of amides is 1. The van der Waals surface area contributed by atoms with Crippen molar-refractivity contribution >= 4 is 21.6 Å². The normalized spacial score (nSPS) is 19.0. The largest absolute Gasteiger partial charge is 0.382 e. The molecule has 0 saturated heterocycles. The number of sulfonamides is 1. The van der Waals surface area contributed by atoms with E-state index in [4.69, 9.17) is 0 Å². The highest BCUT2D eigenvalue weighted by Gasteiger charge is 2.36. The van der Waals surface area contributed by atoms with Crippen molar-refractivity contribution in [1.82, 2.24) is 10.0 Å². The van der Waals surface area contributed by atoms with Gasteiger partial charge in [-0.15, -0.1) is 0 Å². The van der Waals surface area contributed by atoms with Gasteiger partial charge in [-0.2, -0.15) is 0 Å². The lowest BCUT2D eigenvalue weighted by molar-refractivity contribution is -0.0469. The van der Waals surface area contributed by atoms with Crippen molar-refractivity contribution in [1.29, 1.82) is 0 Å². The molecule has 1 aliphatic carbocycles. The summed E-state index contributed by atoms with van der Waals surface area (Å²) in [7, 11) is -0.932. The molecular weight excluding hydrogens is 364 g/mol. The summed E-state index contributed by atoms with van der Waals surface area (Å²) < 4.78 is 52.8. The number of carbonyl (C=O) groups excluding carboxylic acids is 1. The Hall–Kier alpha value is -1.74. The van der Waals surface area contributed by atoms with Gasteiger partial charge in [0.05, 0.1) is 10.5 Å². The first-order valence-electron chi connectivity index (χ1n) is 8.53. The molecule has 1 aliphatic rings. The molecule has 0 aromatic heterocycles. The van der Waals surface area contributed by atoms with Crippen LogP contribution in [0.4, 0.5) is 14.5 Å². The maximum atomic E-state index is 13.3. The van der Waals surface area contributed by atoms with Crippen LogP contribution in [0.1, 0.15) is 43.0 Å². The Morgan fingerprint density at radius 2 is 1.85 bits per heavy atom. The molecule has 146 valence electrons. The second-order valence-corrected chi connectivity index (χ2v) is 8.51. The Morgan fingerprint density at radius 3 is 2.38 bits per heavy atom. The van der Waals surface area contributed by atoms with Crippen LogP contribution >= 0.6 is 0 Å². The van der Waals surface area contributed by atoms with E-state index in [1.807, 2.05) is 6.92 Å². The number of benzene rings is 1. The van der Waals surface area contributed by atoms with Crippen molar-refractivity contribution in [3.63, 3.8) is 0 Å². The predicted octanol–water partition coefficient (Wildman–Crippen LogP) is 2.58. The lowest BCUT2D eigenvalue weighted by atomic mass is 9.82. The smallest absolute Gasteiger partial charge is 0.253 e. The molecule has 2 rings (SSSR count). The molecule has 0 unspecified atom stereocenters. The van der Waals surface area contributed by atoms with Crippen LogP contribution in [-0.4, -0.2) is 40.4 Å². The molecule has 0 radical (unpaired) electrons. The molecule has 0 bridgehead atoms. The van der Waals surface area contributed by atoms with Gasteiger partial charge in [0, 0.05) is 31.6 Å². The van der Waals surface area contributed by atoms with E-state index in [1.165, 1.54) is 32.3 Å². The fourth-order valence-electron chi connectivity index (χ4n) is 3.18. The van der Waals surface area contributed by atoms with Crippen LogP contribution < -0.4 is 15.4 Å². The number of hydrogen-bond donors (Lipinski definition) is 3. The van der Waals surface area contributed by atoms with Gasteiger partial charge in [-0.05, 0) is 50.9 Å². The van der Waals surface area contributed by atoms with Crippen LogP contribution in [0.2, 0.25) is 0 Å². The van der Waals surface area contributed by atoms with Crippen molar-refractivity contribution in [2.45, 2.75) is 49.5 Å². The minimum atomic E-state index is -3.68. The third-order valence-corrected chi connectivity index (χ3v) is 6.31. The van der Waals surface area contributed by atoms with E-state index < -0.39 is 21.9 Å². The van der Waals surface area contributed by atoms with Crippen molar-refractivity contribution in [3.8, 4) is 0 Å². The van der Waals surface area contributed by atoms with Gasteiger partial charge >= 0.3 is 0 Å². The molecule has 9 heteroatoms. The zero-order valence-corrected chi connectivity index (χ0v) is 15.9. The van der Waals surface area contributed by atoms with Gasteiger partial charge in [-0.1, -0.05) is 0 Å². The molecule has 1 aromatic rings. The van der Waals surface area contributed by atoms with E-state index in [1.54, 1.807) is 0 Å². The fourth-order valence-corrected chi connectivity index (χ4v) is 3.94. The zero-order valence-electron chi connectivity index (χ0n) is 15.1. The van der Waals surface area contributed by atoms with Crippen molar-refractivity contribution < 1.29 is 22.0 Å². The second kappa shape index (κ2) is 7.87. The van der Waals surface area contributed by atoms with E-state index in [2.05, 4.69) is 15.4 Å². The minimum absolute atomic E-state index is 0.0193. The van der Waals surface area contributed by atoms with E-state index in [0.29, 0.717) is 18.5 Å². The summed E-state index contributed by atoms with van der Waals surface area (Å²) in [4.78, 5) is 12.2. The van der Waals surface area contributed by atoms with Crippen molar-refractivity contribution in [2.75, 3.05) is 19.4 Å². The number of hydrogen-bond acceptors (Lipinski definition) is 4. The number of anilines is 1. The maximum absolute atomic E-state index is 13.3. The molecule has 6 nitrogen and oxygen atoms in total. The van der Waals surface area contributed by atoms with E-state index in [9.17, 15) is 22.0 Å². The molecule has 1 saturated carbocycles. The summed E-state index contributed by atoms with van der Waals surface area (Å²) in [6.45, 7) is 1.89. The lowest BCUT2D eigenvalue weighted by Gasteiger charge is -2.33. The molecule has 0 aliphatic heterocycles. The first-order valence-corrected chi connectivity index (χ1v) is 10.0. The molecule has 0 heterocycles. The first-order chi connectivity index (χ1) is 12.1. The Kier molecular flexibility index (Phi) is 6.23. The van der Waals surface area contributed by atoms with Gasteiger partial charge < -0.3 is 10.6 Å². The second-order valence-electron chi connectivity index (χ2n) is 6.62. The van der Waals surface area contributed by atoms with Gasteiger partial charge in [0.25, 0.3) is 5.91 Å². The lowest BCUT2D eigenvalue weighted by Crippen LogP contribution is -2.34. The van der Waals surface area contributed by atoms with Gasteiger partial charge in [0.15, 0.2) is 0 Å². The summed E-state index contributed by atoms with van der Waals surface area (Å²) in [5.41, 5.74) is 0.668. The highest BCUT2D eigenvalue weighted by molar-refractivity contribution is 7.89. The van der Waals surface area contributed by atoms with Crippen LogP contribution in [0.3, 0.4) is 0 Å². The third kappa shape index (κ3) is 4.70. The third-order valence-electron chi connectivity index (χ3n) is 4.89. The Morgan fingerprint density at radius 1 is 1.23 bits per heavy atom. The van der Waals surface area contributed by atoms with Crippen LogP contribution in [-0.2, 0) is 10.0 Å². The van der Waals surface area contributed by atoms with Gasteiger partial charge in [0.2, 0.25) is 15.9 Å². The molecule has 1 fully saturated rings. The van der Waals surface area contributed by atoms with E-state index >= 15 is 0 Å². The molecule has 3 N–H and O–H groups in total. The molecule has 1 amide bonds. The van der Waals surface area contributed by atoms with E-state index in [0.717, 1.165) is 0 Å². The Labute approximate surface area is 152 Å². The summed E-state index contributed by atoms with van der Waals surface area (Å²) >= 11 is 0. The maximum Gasteiger partial charge on any atom is 0.253 e. The monoisotopic (exact) mass is 389 g/mol. The van der Waals surface area contributed by atoms with Crippen LogP contribution in [0.5, 0.6) is 0 Å². The van der Waals surface area contributed by atoms with Gasteiger partial charge in [0.1, 0.15) is 0 Å². The number of rotatable bonds is 6. The minimum Gasteiger partial charge on any atom is -0.382 e. The molecular formula is C17H25F2N3O3S. The molecule has 0 spiro atoms. The summed E-state index contributed by atoms with van der Waals surface area (Å²) in [5.74, 6) is -2.96. The van der Waals surface area contributed by atoms with Crippen molar-refractivity contribution in [3.05, 3.63) is 23.8 Å². The topological polar surface area (TPSA) is 87.3 Å². The molecule has 1 atom stereocenters. The van der Waals surface area contributed by atoms with Crippen molar-refractivity contribution in [2.24, 2.45) is 5.92 Å². The van der Waals surface area contributed by atoms with Gasteiger partial charge in [-0.3, -0.25) is 4.79 Å². The molecule has 1 aromatic carbocycles.